The van der Waals surface area contributed by atoms with Crippen molar-refractivity contribution < 1.29 is 14.2 Å². The maximum Gasteiger partial charge on any atom is 0.203 e. The molecule has 1 saturated heterocycles. The van der Waals surface area contributed by atoms with Gasteiger partial charge in [0.05, 0.1) is 27.4 Å². The molecule has 23 heavy (non-hydrogen) atoms. The molecule has 0 aromatic heterocycles. The van der Waals surface area contributed by atoms with Crippen molar-refractivity contribution in [2.24, 2.45) is 0 Å². The number of ether oxygens (including phenoxy) is 3. The van der Waals surface area contributed by atoms with E-state index in [1.807, 2.05) is 12.1 Å². The predicted octanol–water partition coefficient (Wildman–Crippen LogP) is 1.95. The Labute approximate surface area is 143 Å². The Bertz CT molecular complexity index is 529. The quantitative estimate of drug-likeness (QED) is 0.816. The third kappa shape index (κ3) is 4.20. The van der Waals surface area contributed by atoms with Gasteiger partial charge in [0.15, 0.2) is 11.5 Å². The fourth-order valence-corrected chi connectivity index (χ4v) is 2.71. The van der Waals surface area contributed by atoms with Crippen molar-refractivity contribution in [2.45, 2.75) is 6.04 Å². The summed E-state index contributed by atoms with van der Waals surface area (Å²) in [5.74, 6) is 1.70. The Hall–Kier alpha value is -1.68. The van der Waals surface area contributed by atoms with Gasteiger partial charge in [-0.25, -0.2) is 0 Å². The fourth-order valence-electron chi connectivity index (χ4n) is 2.71. The van der Waals surface area contributed by atoms with Crippen LogP contribution >= 0.6 is 12.4 Å². The minimum atomic E-state index is -0.317. The number of hydrogen-bond donors (Lipinski definition) is 0. The molecule has 0 amide bonds. The highest BCUT2D eigenvalue weighted by Gasteiger charge is 2.26. The second-order valence-electron chi connectivity index (χ2n) is 5.33. The maximum absolute atomic E-state index is 9.63. The normalized spacial score (nSPS) is 16.8. The van der Waals surface area contributed by atoms with Gasteiger partial charge in [-0.05, 0) is 24.7 Å². The average molecular weight is 342 g/mol. The predicted molar refractivity (Wildman–Crippen MR) is 90.8 cm³/mol. The number of rotatable bonds is 5. The number of nitrogens with zero attached hydrogens (tertiary/aromatic N) is 3. The highest BCUT2D eigenvalue weighted by atomic mass is 35.5. The summed E-state index contributed by atoms with van der Waals surface area (Å²) in [6, 6.07) is 5.79. The summed E-state index contributed by atoms with van der Waals surface area (Å²) in [6.07, 6.45) is 0. The molecule has 1 heterocycles. The molecule has 1 aliphatic heterocycles. The average Bonchev–Trinajstić information content (AvgIpc) is 2.56. The van der Waals surface area contributed by atoms with Crippen LogP contribution in [0.3, 0.4) is 0 Å². The summed E-state index contributed by atoms with van der Waals surface area (Å²) < 4.78 is 16.1. The van der Waals surface area contributed by atoms with Crippen LogP contribution in [0.15, 0.2) is 12.1 Å². The van der Waals surface area contributed by atoms with Gasteiger partial charge in [-0.15, -0.1) is 12.4 Å². The van der Waals surface area contributed by atoms with Crippen LogP contribution in [0.4, 0.5) is 0 Å². The monoisotopic (exact) mass is 341 g/mol. The van der Waals surface area contributed by atoms with Crippen LogP contribution in [0, 0.1) is 11.3 Å². The standard InChI is InChI=1S/C16H23N3O3.ClH/c1-18-5-7-19(8-6-18)13(11-17)12-9-14(20-2)16(22-4)15(10-12)21-3;/h9-10,13H,5-8H2,1-4H3;1H. The van der Waals surface area contributed by atoms with Gasteiger partial charge in [0.25, 0.3) is 0 Å². The maximum atomic E-state index is 9.63. The van der Waals surface area contributed by atoms with E-state index in [4.69, 9.17) is 14.2 Å². The Morgan fingerprint density at radius 1 is 1.00 bits per heavy atom. The number of nitriles is 1. The number of hydrogen-bond acceptors (Lipinski definition) is 6. The largest absolute Gasteiger partial charge is 0.493 e. The Morgan fingerprint density at radius 3 is 1.91 bits per heavy atom. The van der Waals surface area contributed by atoms with Crippen molar-refractivity contribution in [1.29, 1.82) is 5.26 Å². The zero-order chi connectivity index (χ0) is 16.1. The number of piperazine rings is 1. The van der Waals surface area contributed by atoms with Crippen molar-refractivity contribution in [2.75, 3.05) is 54.6 Å². The van der Waals surface area contributed by atoms with Crippen LogP contribution in [-0.4, -0.2) is 64.4 Å². The lowest BCUT2D eigenvalue weighted by Gasteiger charge is -2.35. The van der Waals surface area contributed by atoms with E-state index in [0.717, 1.165) is 31.7 Å². The highest BCUT2D eigenvalue weighted by molar-refractivity contribution is 5.85. The molecule has 0 N–H and O–H groups in total. The second kappa shape index (κ2) is 8.82. The molecule has 0 aliphatic carbocycles. The van der Waals surface area contributed by atoms with E-state index in [1.54, 1.807) is 21.3 Å². The molecular formula is C16H24ClN3O3. The third-order valence-electron chi connectivity index (χ3n) is 4.03. The molecule has 1 unspecified atom stereocenters. The lowest BCUT2D eigenvalue weighted by Crippen LogP contribution is -2.45. The minimum absolute atomic E-state index is 0. The summed E-state index contributed by atoms with van der Waals surface area (Å²) in [4.78, 5) is 4.45. The van der Waals surface area contributed by atoms with Crippen LogP contribution < -0.4 is 14.2 Å². The first-order chi connectivity index (χ1) is 10.6. The molecule has 1 aromatic rings. The topological polar surface area (TPSA) is 58.0 Å². The minimum Gasteiger partial charge on any atom is -0.493 e. The zero-order valence-corrected chi connectivity index (χ0v) is 14.9. The lowest BCUT2D eigenvalue weighted by atomic mass is 10.0. The van der Waals surface area contributed by atoms with E-state index in [-0.39, 0.29) is 18.4 Å². The molecule has 1 atom stereocenters. The van der Waals surface area contributed by atoms with Crippen LogP contribution in [0.1, 0.15) is 11.6 Å². The first kappa shape index (κ1) is 19.4. The molecule has 128 valence electrons. The summed E-state index contributed by atoms with van der Waals surface area (Å²) >= 11 is 0. The molecule has 0 spiro atoms. The van der Waals surface area contributed by atoms with E-state index >= 15 is 0 Å². The van der Waals surface area contributed by atoms with Crippen molar-refractivity contribution in [3.05, 3.63) is 17.7 Å². The van der Waals surface area contributed by atoms with Gasteiger partial charge >= 0.3 is 0 Å². The number of benzene rings is 1. The van der Waals surface area contributed by atoms with Gasteiger partial charge in [-0.2, -0.15) is 5.26 Å². The summed E-state index contributed by atoms with van der Waals surface area (Å²) in [5, 5.41) is 9.63. The van der Waals surface area contributed by atoms with Crippen LogP contribution in [-0.2, 0) is 0 Å². The Morgan fingerprint density at radius 2 is 1.52 bits per heavy atom. The number of methoxy groups -OCH3 is 3. The molecule has 6 nitrogen and oxygen atoms in total. The van der Waals surface area contributed by atoms with Crippen LogP contribution in [0.25, 0.3) is 0 Å². The van der Waals surface area contributed by atoms with E-state index in [9.17, 15) is 5.26 Å². The molecule has 0 radical (unpaired) electrons. The number of halogens is 1. The van der Waals surface area contributed by atoms with E-state index in [0.29, 0.717) is 17.2 Å². The number of likely N-dealkylation sites (N-methyl/N-ethyl adjacent to an activating group) is 1. The van der Waals surface area contributed by atoms with Gasteiger partial charge in [-0.3, -0.25) is 4.90 Å². The molecule has 0 saturated carbocycles. The SMILES string of the molecule is COc1cc(C(C#N)N2CCN(C)CC2)cc(OC)c1OC.Cl. The van der Waals surface area contributed by atoms with E-state index in [1.165, 1.54) is 0 Å². The highest BCUT2D eigenvalue weighted by Crippen LogP contribution is 2.40. The first-order valence-corrected chi connectivity index (χ1v) is 7.26. The van der Waals surface area contributed by atoms with Crippen molar-refractivity contribution in [1.82, 2.24) is 9.80 Å². The van der Waals surface area contributed by atoms with Crippen LogP contribution in [0.2, 0.25) is 0 Å². The van der Waals surface area contributed by atoms with E-state index in [2.05, 4.69) is 22.9 Å². The summed E-state index contributed by atoms with van der Waals surface area (Å²) in [5.41, 5.74) is 0.863. The zero-order valence-electron chi connectivity index (χ0n) is 14.0. The molecule has 1 fully saturated rings. The van der Waals surface area contributed by atoms with Gasteiger partial charge in [0.2, 0.25) is 5.75 Å². The Balaban J connectivity index is 0.00000264. The Kier molecular flexibility index (Phi) is 7.43. The summed E-state index contributed by atoms with van der Waals surface area (Å²) in [7, 11) is 6.83. The molecule has 1 aliphatic rings. The fraction of sp³-hybridized carbons (Fsp3) is 0.562. The smallest absolute Gasteiger partial charge is 0.203 e. The lowest BCUT2D eigenvalue weighted by molar-refractivity contribution is 0.132. The van der Waals surface area contributed by atoms with Gasteiger partial charge < -0.3 is 19.1 Å². The summed E-state index contributed by atoms with van der Waals surface area (Å²) in [6.45, 7) is 3.65. The molecule has 2 rings (SSSR count). The first-order valence-electron chi connectivity index (χ1n) is 7.26. The molecular weight excluding hydrogens is 318 g/mol. The van der Waals surface area contributed by atoms with Crippen molar-refractivity contribution >= 4 is 12.4 Å². The second-order valence-corrected chi connectivity index (χ2v) is 5.33. The van der Waals surface area contributed by atoms with E-state index < -0.39 is 0 Å². The molecule has 0 bridgehead atoms. The van der Waals surface area contributed by atoms with Crippen LogP contribution in [0.5, 0.6) is 17.2 Å². The van der Waals surface area contributed by atoms with Crippen molar-refractivity contribution in [3.63, 3.8) is 0 Å². The molecule has 7 heteroatoms. The van der Waals surface area contributed by atoms with Gasteiger partial charge in [0.1, 0.15) is 6.04 Å². The third-order valence-corrected chi connectivity index (χ3v) is 4.03. The molecule has 1 aromatic carbocycles. The van der Waals surface area contributed by atoms with Gasteiger partial charge in [0, 0.05) is 26.2 Å². The van der Waals surface area contributed by atoms with Crippen molar-refractivity contribution in [3.8, 4) is 23.3 Å². The van der Waals surface area contributed by atoms with Gasteiger partial charge in [-0.1, -0.05) is 0 Å².